The minimum atomic E-state index is -0.0611. The van der Waals surface area contributed by atoms with Gasteiger partial charge in [-0.1, -0.05) is 53.4 Å². The summed E-state index contributed by atoms with van der Waals surface area (Å²) in [4.78, 5) is 0. The van der Waals surface area contributed by atoms with Crippen LogP contribution in [-0.4, -0.2) is 11.2 Å². The lowest BCUT2D eigenvalue weighted by atomic mass is 9.94. The Morgan fingerprint density at radius 1 is 1.00 bits per heavy atom. The first kappa shape index (κ1) is 14.0. The van der Waals surface area contributed by atoms with Crippen LogP contribution in [0.3, 0.4) is 0 Å². The number of hydrogen-bond acceptors (Lipinski definition) is 1. The van der Waals surface area contributed by atoms with Gasteiger partial charge in [0.2, 0.25) is 0 Å². The molecule has 0 aliphatic carbocycles. The van der Waals surface area contributed by atoms with Gasteiger partial charge in [-0.05, 0) is 24.7 Å². The van der Waals surface area contributed by atoms with Gasteiger partial charge < -0.3 is 5.11 Å². The van der Waals surface area contributed by atoms with Crippen LogP contribution in [-0.2, 0) is 0 Å². The van der Waals surface area contributed by atoms with Crippen molar-refractivity contribution in [3.05, 3.63) is 0 Å². The standard InChI is InChI=1S/C13H28O/c1-5-7-13(14)10-12(4)9-6-8-11(2)3/h11-14H,5-10H2,1-4H3. The van der Waals surface area contributed by atoms with E-state index in [0.717, 1.165) is 25.2 Å². The fourth-order valence-electron chi connectivity index (χ4n) is 1.91. The molecule has 0 saturated carbocycles. The van der Waals surface area contributed by atoms with E-state index in [2.05, 4.69) is 27.7 Å². The number of rotatable bonds is 8. The molecule has 14 heavy (non-hydrogen) atoms. The van der Waals surface area contributed by atoms with Gasteiger partial charge >= 0.3 is 0 Å². The summed E-state index contributed by atoms with van der Waals surface area (Å²) in [6.07, 6.45) is 6.92. The van der Waals surface area contributed by atoms with Crippen molar-refractivity contribution in [2.75, 3.05) is 0 Å². The Labute approximate surface area is 89.9 Å². The van der Waals surface area contributed by atoms with E-state index in [4.69, 9.17) is 0 Å². The van der Waals surface area contributed by atoms with Gasteiger partial charge in [0.25, 0.3) is 0 Å². The van der Waals surface area contributed by atoms with Crippen molar-refractivity contribution in [1.82, 2.24) is 0 Å². The molecule has 0 bridgehead atoms. The Balaban J connectivity index is 3.39. The topological polar surface area (TPSA) is 20.2 Å². The molecule has 2 atom stereocenters. The van der Waals surface area contributed by atoms with Crippen LogP contribution in [0.4, 0.5) is 0 Å². The second kappa shape index (κ2) is 8.28. The lowest BCUT2D eigenvalue weighted by molar-refractivity contribution is 0.132. The monoisotopic (exact) mass is 200 g/mol. The van der Waals surface area contributed by atoms with Gasteiger partial charge in [-0.2, -0.15) is 0 Å². The molecule has 0 amide bonds. The summed E-state index contributed by atoms with van der Waals surface area (Å²) >= 11 is 0. The summed E-state index contributed by atoms with van der Waals surface area (Å²) in [6, 6.07) is 0. The predicted octanol–water partition coefficient (Wildman–Crippen LogP) is 4.00. The van der Waals surface area contributed by atoms with Gasteiger partial charge in [-0.3, -0.25) is 0 Å². The second-order valence-corrected chi connectivity index (χ2v) is 5.11. The molecule has 0 fully saturated rings. The average Bonchev–Trinajstić information content (AvgIpc) is 2.03. The Bertz CT molecular complexity index is 120. The summed E-state index contributed by atoms with van der Waals surface area (Å²) in [5, 5.41) is 9.63. The minimum Gasteiger partial charge on any atom is -0.393 e. The molecule has 0 radical (unpaired) electrons. The quantitative estimate of drug-likeness (QED) is 0.628. The summed E-state index contributed by atoms with van der Waals surface area (Å²) in [5.41, 5.74) is 0. The van der Waals surface area contributed by atoms with Crippen LogP contribution in [0.5, 0.6) is 0 Å². The van der Waals surface area contributed by atoms with Crippen LogP contribution < -0.4 is 0 Å². The maximum Gasteiger partial charge on any atom is 0.0542 e. The lowest BCUT2D eigenvalue weighted by Crippen LogP contribution is -2.11. The molecular formula is C13H28O. The highest BCUT2D eigenvalue weighted by atomic mass is 16.3. The van der Waals surface area contributed by atoms with Crippen molar-refractivity contribution in [2.45, 2.75) is 72.3 Å². The van der Waals surface area contributed by atoms with Crippen molar-refractivity contribution < 1.29 is 5.11 Å². The Morgan fingerprint density at radius 2 is 1.64 bits per heavy atom. The van der Waals surface area contributed by atoms with E-state index in [-0.39, 0.29) is 6.10 Å². The second-order valence-electron chi connectivity index (χ2n) is 5.11. The molecule has 1 nitrogen and oxygen atoms in total. The summed E-state index contributed by atoms with van der Waals surface area (Å²) in [7, 11) is 0. The zero-order chi connectivity index (χ0) is 11.0. The van der Waals surface area contributed by atoms with Gasteiger partial charge in [-0.15, -0.1) is 0 Å². The molecule has 0 aromatic heterocycles. The van der Waals surface area contributed by atoms with Crippen molar-refractivity contribution in [3.8, 4) is 0 Å². The third-order valence-electron chi connectivity index (χ3n) is 2.77. The van der Waals surface area contributed by atoms with E-state index in [9.17, 15) is 5.11 Å². The maximum atomic E-state index is 9.63. The zero-order valence-electron chi connectivity index (χ0n) is 10.4. The van der Waals surface area contributed by atoms with Crippen LogP contribution in [0.2, 0.25) is 0 Å². The van der Waals surface area contributed by atoms with Gasteiger partial charge in [0.15, 0.2) is 0 Å². The largest absolute Gasteiger partial charge is 0.393 e. The third kappa shape index (κ3) is 8.55. The van der Waals surface area contributed by atoms with E-state index in [1.54, 1.807) is 0 Å². The number of aliphatic hydroxyl groups is 1. The van der Waals surface area contributed by atoms with Crippen molar-refractivity contribution in [3.63, 3.8) is 0 Å². The van der Waals surface area contributed by atoms with E-state index < -0.39 is 0 Å². The first-order valence-electron chi connectivity index (χ1n) is 6.24. The van der Waals surface area contributed by atoms with Crippen molar-refractivity contribution in [2.24, 2.45) is 11.8 Å². The minimum absolute atomic E-state index is 0.0611. The van der Waals surface area contributed by atoms with Gasteiger partial charge in [0.1, 0.15) is 0 Å². The molecule has 0 rings (SSSR count). The third-order valence-corrected chi connectivity index (χ3v) is 2.77. The highest BCUT2D eigenvalue weighted by molar-refractivity contribution is 4.62. The Kier molecular flexibility index (Phi) is 8.26. The van der Waals surface area contributed by atoms with E-state index in [0.29, 0.717) is 5.92 Å². The number of hydrogen-bond donors (Lipinski definition) is 1. The molecule has 0 spiro atoms. The van der Waals surface area contributed by atoms with Gasteiger partial charge in [-0.25, -0.2) is 0 Å². The Morgan fingerprint density at radius 3 is 2.14 bits per heavy atom. The fraction of sp³-hybridized carbons (Fsp3) is 1.00. The molecule has 0 heterocycles. The Hall–Kier alpha value is -0.0400. The average molecular weight is 200 g/mol. The molecule has 0 saturated heterocycles. The molecule has 0 aromatic carbocycles. The maximum absolute atomic E-state index is 9.63. The number of aliphatic hydroxyl groups excluding tert-OH is 1. The highest BCUT2D eigenvalue weighted by Gasteiger charge is 2.09. The molecule has 0 aliphatic rings. The normalized spacial score (nSPS) is 15.9. The fourth-order valence-corrected chi connectivity index (χ4v) is 1.91. The first-order valence-corrected chi connectivity index (χ1v) is 6.24. The van der Waals surface area contributed by atoms with Crippen LogP contribution in [0.15, 0.2) is 0 Å². The van der Waals surface area contributed by atoms with E-state index in [1.165, 1.54) is 19.3 Å². The molecule has 0 aromatic rings. The SMILES string of the molecule is CCCC(O)CC(C)CCCC(C)C. The van der Waals surface area contributed by atoms with Gasteiger partial charge in [0, 0.05) is 0 Å². The van der Waals surface area contributed by atoms with Crippen LogP contribution >= 0.6 is 0 Å². The molecular weight excluding hydrogens is 172 g/mol. The van der Waals surface area contributed by atoms with Crippen LogP contribution in [0.1, 0.15) is 66.2 Å². The smallest absolute Gasteiger partial charge is 0.0542 e. The van der Waals surface area contributed by atoms with Gasteiger partial charge in [0.05, 0.1) is 6.10 Å². The van der Waals surface area contributed by atoms with Crippen LogP contribution in [0, 0.1) is 11.8 Å². The first-order chi connectivity index (χ1) is 6.56. The molecule has 0 aliphatic heterocycles. The highest BCUT2D eigenvalue weighted by Crippen LogP contribution is 2.18. The summed E-state index contributed by atoms with van der Waals surface area (Å²) in [6.45, 7) is 8.94. The molecule has 1 N–H and O–H groups in total. The van der Waals surface area contributed by atoms with Crippen LogP contribution in [0.25, 0.3) is 0 Å². The lowest BCUT2D eigenvalue weighted by Gasteiger charge is -2.16. The summed E-state index contributed by atoms with van der Waals surface area (Å²) in [5.74, 6) is 1.51. The van der Waals surface area contributed by atoms with Crippen molar-refractivity contribution in [1.29, 1.82) is 0 Å². The van der Waals surface area contributed by atoms with Crippen molar-refractivity contribution >= 4 is 0 Å². The van der Waals surface area contributed by atoms with E-state index in [1.807, 2.05) is 0 Å². The molecule has 86 valence electrons. The van der Waals surface area contributed by atoms with E-state index >= 15 is 0 Å². The molecule has 1 heteroatoms. The summed E-state index contributed by atoms with van der Waals surface area (Å²) < 4.78 is 0. The zero-order valence-corrected chi connectivity index (χ0v) is 10.4. The molecule has 2 unspecified atom stereocenters. The predicted molar refractivity (Wildman–Crippen MR) is 63.4 cm³/mol.